The normalized spacial score (nSPS) is 20.9. The molecule has 8 heteroatoms. The van der Waals surface area contributed by atoms with Crippen LogP contribution in [-0.2, 0) is 4.74 Å². The quantitative estimate of drug-likeness (QED) is 0.744. The maximum absolute atomic E-state index is 14.1. The van der Waals surface area contributed by atoms with Gasteiger partial charge in [0.05, 0.1) is 17.8 Å². The lowest BCUT2D eigenvalue weighted by molar-refractivity contribution is -0.0667. The van der Waals surface area contributed by atoms with Crippen LogP contribution in [-0.4, -0.2) is 63.1 Å². The van der Waals surface area contributed by atoms with Crippen LogP contribution in [0, 0.1) is 5.82 Å². The minimum Gasteiger partial charge on any atom is -0.373 e. The van der Waals surface area contributed by atoms with Gasteiger partial charge in [0.2, 0.25) is 0 Å². The summed E-state index contributed by atoms with van der Waals surface area (Å²) in [5, 5.41) is 16.0. The Balaban J connectivity index is 1.47. The highest BCUT2D eigenvalue weighted by atomic mass is 19.1. The number of hydrogen-bond donors (Lipinski definition) is 1. The van der Waals surface area contributed by atoms with Crippen molar-refractivity contribution in [3.8, 4) is 11.4 Å². The number of nitrogens with zero attached hydrogens (tertiary/aromatic N) is 5. The molecule has 3 heterocycles. The van der Waals surface area contributed by atoms with Gasteiger partial charge >= 0.3 is 0 Å². The molecule has 0 aliphatic carbocycles. The minimum atomic E-state index is -0.345. The molecule has 0 saturated carbocycles. The summed E-state index contributed by atoms with van der Waals surface area (Å²) < 4.78 is 21.4. The van der Waals surface area contributed by atoms with E-state index >= 15 is 0 Å². The van der Waals surface area contributed by atoms with Crippen molar-refractivity contribution in [2.75, 3.05) is 31.5 Å². The summed E-state index contributed by atoms with van der Waals surface area (Å²) in [6, 6.07) is 10.2. The lowest BCUT2D eigenvalue weighted by Crippen LogP contribution is -2.46. The molecule has 1 aromatic carbocycles. The Morgan fingerprint density at radius 1 is 1.11 bits per heavy atom. The zero-order valence-corrected chi connectivity index (χ0v) is 15.5. The van der Waals surface area contributed by atoms with Crippen LogP contribution in [0.25, 0.3) is 17.0 Å². The van der Waals surface area contributed by atoms with E-state index in [0.717, 1.165) is 26.2 Å². The molecule has 27 heavy (non-hydrogen) atoms. The molecule has 2 unspecified atom stereocenters. The number of ether oxygens (including phenoxy) is 1. The number of fused-ring (bicyclic) bond motifs is 1. The predicted molar refractivity (Wildman–Crippen MR) is 101 cm³/mol. The first kappa shape index (κ1) is 17.8. The van der Waals surface area contributed by atoms with Gasteiger partial charge in [-0.15, -0.1) is 15.3 Å². The van der Waals surface area contributed by atoms with E-state index in [1.807, 2.05) is 12.1 Å². The molecule has 1 aliphatic heterocycles. The largest absolute Gasteiger partial charge is 0.373 e. The Labute approximate surface area is 157 Å². The van der Waals surface area contributed by atoms with Gasteiger partial charge in [-0.1, -0.05) is 12.1 Å². The van der Waals surface area contributed by atoms with Crippen LogP contribution in [0.5, 0.6) is 0 Å². The molecular formula is C19H23FN6O. The van der Waals surface area contributed by atoms with Crippen molar-refractivity contribution in [1.82, 2.24) is 24.7 Å². The highest BCUT2D eigenvalue weighted by molar-refractivity contribution is 5.60. The smallest absolute Gasteiger partial charge is 0.188 e. The van der Waals surface area contributed by atoms with Crippen molar-refractivity contribution in [3.63, 3.8) is 0 Å². The third kappa shape index (κ3) is 3.91. The standard InChI is InChI=1S/C19H23FN6O/c1-13-11-25(12-14(2)27-13)10-9-21-17-7-8-18-22-23-19(26(18)24-17)15-5-3-4-6-16(15)20/h3-8,13-14H,9-12H2,1-2H3,(H,21,24). The van der Waals surface area contributed by atoms with Gasteiger partial charge in [-0.2, -0.15) is 4.52 Å². The van der Waals surface area contributed by atoms with Crippen LogP contribution >= 0.6 is 0 Å². The second kappa shape index (κ2) is 7.58. The molecule has 0 amide bonds. The number of halogens is 1. The molecule has 3 aromatic rings. The van der Waals surface area contributed by atoms with Crippen LogP contribution in [0.3, 0.4) is 0 Å². The zero-order valence-electron chi connectivity index (χ0n) is 15.5. The van der Waals surface area contributed by atoms with E-state index in [0.29, 0.717) is 22.9 Å². The number of benzene rings is 1. The zero-order chi connectivity index (χ0) is 18.8. The van der Waals surface area contributed by atoms with E-state index in [-0.39, 0.29) is 18.0 Å². The summed E-state index contributed by atoms with van der Waals surface area (Å²) >= 11 is 0. The average Bonchev–Trinajstić information content (AvgIpc) is 3.04. The SMILES string of the molecule is CC1CN(CCNc2ccc3nnc(-c4ccccc4F)n3n2)CC(C)O1. The van der Waals surface area contributed by atoms with Crippen LogP contribution in [0.1, 0.15) is 13.8 Å². The third-order valence-corrected chi connectivity index (χ3v) is 4.61. The number of aromatic nitrogens is 4. The van der Waals surface area contributed by atoms with E-state index in [4.69, 9.17) is 4.74 Å². The summed E-state index contributed by atoms with van der Waals surface area (Å²) in [6.07, 6.45) is 0.507. The molecule has 0 spiro atoms. The first-order chi connectivity index (χ1) is 13.1. The molecule has 1 saturated heterocycles. The van der Waals surface area contributed by atoms with Crippen molar-refractivity contribution in [2.45, 2.75) is 26.1 Å². The number of hydrogen-bond acceptors (Lipinski definition) is 6. The van der Waals surface area contributed by atoms with E-state index in [9.17, 15) is 4.39 Å². The monoisotopic (exact) mass is 370 g/mol. The van der Waals surface area contributed by atoms with Crippen molar-refractivity contribution in [3.05, 3.63) is 42.2 Å². The van der Waals surface area contributed by atoms with Gasteiger partial charge in [-0.05, 0) is 38.1 Å². The van der Waals surface area contributed by atoms with E-state index in [2.05, 4.69) is 39.4 Å². The molecule has 7 nitrogen and oxygen atoms in total. The Morgan fingerprint density at radius 3 is 2.67 bits per heavy atom. The predicted octanol–water partition coefficient (Wildman–Crippen LogP) is 2.45. The van der Waals surface area contributed by atoms with Crippen molar-refractivity contribution in [1.29, 1.82) is 0 Å². The van der Waals surface area contributed by atoms with Gasteiger partial charge < -0.3 is 10.1 Å². The summed E-state index contributed by atoms with van der Waals surface area (Å²) in [5.74, 6) is 0.749. The van der Waals surface area contributed by atoms with Crippen LogP contribution < -0.4 is 5.32 Å². The van der Waals surface area contributed by atoms with Crippen LogP contribution in [0.15, 0.2) is 36.4 Å². The Kier molecular flexibility index (Phi) is 5.00. The average molecular weight is 370 g/mol. The van der Waals surface area contributed by atoms with Crippen LogP contribution in [0.4, 0.5) is 10.2 Å². The second-order valence-electron chi connectivity index (χ2n) is 6.94. The molecule has 0 bridgehead atoms. The Hall–Kier alpha value is -2.58. The second-order valence-corrected chi connectivity index (χ2v) is 6.94. The minimum absolute atomic E-state index is 0.253. The molecule has 1 N–H and O–H groups in total. The summed E-state index contributed by atoms with van der Waals surface area (Å²) in [6.45, 7) is 7.72. The lowest BCUT2D eigenvalue weighted by atomic mass is 10.2. The number of anilines is 1. The Morgan fingerprint density at radius 2 is 1.89 bits per heavy atom. The summed E-state index contributed by atoms with van der Waals surface area (Å²) in [5.41, 5.74) is 0.959. The van der Waals surface area contributed by atoms with Gasteiger partial charge in [-0.25, -0.2) is 4.39 Å². The molecular weight excluding hydrogens is 347 g/mol. The molecule has 1 fully saturated rings. The van der Waals surface area contributed by atoms with Crippen LogP contribution in [0.2, 0.25) is 0 Å². The first-order valence-electron chi connectivity index (χ1n) is 9.19. The fraction of sp³-hybridized carbons (Fsp3) is 0.421. The molecule has 2 atom stereocenters. The van der Waals surface area contributed by atoms with Gasteiger partial charge in [0.1, 0.15) is 11.6 Å². The van der Waals surface area contributed by atoms with Gasteiger partial charge in [0.25, 0.3) is 0 Å². The summed E-state index contributed by atoms with van der Waals surface area (Å²) in [4.78, 5) is 2.38. The topological polar surface area (TPSA) is 67.6 Å². The number of morpholine rings is 1. The number of nitrogens with one attached hydrogen (secondary N) is 1. The Bertz CT molecular complexity index is 919. The fourth-order valence-corrected chi connectivity index (χ4v) is 3.50. The number of rotatable bonds is 5. The highest BCUT2D eigenvalue weighted by Crippen LogP contribution is 2.21. The molecule has 2 aromatic heterocycles. The van der Waals surface area contributed by atoms with Crippen molar-refractivity contribution >= 4 is 11.5 Å². The molecule has 142 valence electrons. The third-order valence-electron chi connectivity index (χ3n) is 4.61. The van der Waals surface area contributed by atoms with Gasteiger partial charge in [-0.3, -0.25) is 4.90 Å². The molecule has 0 radical (unpaired) electrons. The van der Waals surface area contributed by atoms with Gasteiger partial charge in [0, 0.05) is 26.2 Å². The lowest BCUT2D eigenvalue weighted by Gasteiger charge is -2.35. The van der Waals surface area contributed by atoms with E-state index in [1.54, 1.807) is 22.7 Å². The van der Waals surface area contributed by atoms with E-state index < -0.39 is 0 Å². The summed E-state index contributed by atoms with van der Waals surface area (Å²) in [7, 11) is 0. The highest BCUT2D eigenvalue weighted by Gasteiger charge is 2.21. The van der Waals surface area contributed by atoms with Gasteiger partial charge in [0.15, 0.2) is 11.5 Å². The maximum atomic E-state index is 14.1. The molecule has 1 aliphatic rings. The van der Waals surface area contributed by atoms with Crippen molar-refractivity contribution in [2.24, 2.45) is 0 Å². The maximum Gasteiger partial charge on any atom is 0.188 e. The molecule has 4 rings (SSSR count). The first-order valence-corrected chi connectivity index (χ1v) is 9.19. The van der Waals surface area contributed by atoms with Crippen molar-refractivity contribution < 1.29 is 9.13 Å². The fourth-order valence-electron chi connectivity index (χ4n) is 3.50. The van der Waals surface area contributed by atoms with E-state index in [1.165, 1.54) is 6.07 Å².